The van der Waals surface area contributed by atoms with E-state index in [1.807, 2.05) is 12.1 Å². The van der Waals surface area contributed by atoms with Crippen molar-refractivity contribution in [1.29, 1.82) is 0 Å². The molecule has 4 fully saturated rings. The van der Waals surface area contributed by atoms with Gasteiger partial charge in [-0.25, -0.2) is 4.39 Å². The Kier molecular flexibility index (Phi) is 5.12. The van der Waals surface area contributed by atoms with Gasteiger partial charge in [-0.1, -0.05) is 31.2 Å². The van der Waals surface area contributed by atoms with E-state index in [1.165, 1.54) is 24.5 Å². The van der Waals surface area contributed by atoms with Crippen molar-refractivity contribution in [1.82, 2.24) is 4.90 Å². The molecular formula is C25H33FN2O2. The van der Waals surface area contributed by atoms with Gasteiger partial charge in [0.2, 0.25) is 0 Å². The zero-order valence-corrected chi connectivity index (χ0v) is 18.0. The quantitative estimate of drug-likeness (QED) is 0.549. The van der Waals surface area contributed by atoms with Crippen LogP contribution < -0.4 is 4.90 Å². The summed E-state index contributed by atoms with van der Waals surface area (Å²) >= 11 is 0. The van der Waals surface area contributed by atoms with E-state index >= 15 is 0 Å². The fraction of sp³-hybridized carbons (Fsp3) is 0.640. The van der Waals surface area contributed by atoms with Crippen LogP contribution in [0.4, 0.5) is 10.1 Å². The van der Waals surface area contributed by atoms with Gasteiger partial charge in [-0.15, -0.1) is 0 Å². The molecule has 0 N–H and O–H groups in total. The molecule has 4 nitrogen and oxygen atoms in total. The maximum atomic E-state index is 14.1. The van der Waals surface area contributed by atoms with E-state index in [-0.39, 0.29) is 29.2 Å². The third kappa shape index (κ3) is 3.45. The SMILES string of the molecule is C=C1CCC[C@]2(C)C[C@H]3OC(=O)[C@H](CN4CCN(c5ccccc5F)CC4)[C@@H]3C[C@@H]12. The molecule has 0 spiro atoms. The van der Waals surface area contributed by atoms with Crippen molar-refractivity contribution in [3.8, 4) is 0 Å². The van der Waals surface area contributed by atoms with Crippen molar-refractivity contribution in [3.63, 3.8) is 0 Å². The van der Waals surface area contributed by atoms with E-state index in [4.69, 9.17) is 4.74 Å². The molecule has 0 aromatic heterocycles. The van der Waals surface area contributed by atoms with Gasteiger partial charge in [0.25, 0.3) is 0 Å². The number of esters is 1. The van der Waals surface area contributed by atoms with Gasteiger partial charge in [0, 0.05) is 38.6 Å². The third-order valence-corrected chi connectivity index (χ3v) is 8.34. The van der Waals surface area contributed by atoms with Crippen LogP contribution in [-0.4, -0.2) is 49.7 Å². The number of para-hydroxylation sites is 1. The number of piperazine rings is 1. The highest BCUT2D eigenvalue weighted by Gasteiger charge is 2.55. The molecule has 0 amide bonds. The first-order valence-corrected chi connectivity index (χ1v) is 11.5. The molecule has 2 aliphatic heterocycles. The van der Waals surface area contributed by atoms with E-state index in [0.29, 0.717) is 17.5 Å². The maximum absolute atomic E-state index is 14.1. The second kappa shape index (κ2) is 7.67. The van der Waals surface area contributed by atoms with Gasteiger partial charge in [0.1, 0.15) is 11.9 Å². The first-order chi connectivity index (χ1) is 14.4. The molecule has 4 aliphatic rings. The van der Waals surface area contributed by atoms with Crippen molar-refractivity contribution < 1.29 is 13.9 Å². The smallest absolute Gasteiger partial charge is 0.310 e. The van der Waals surface area contributed by atoms with Crippen molar-refractivity contribution in [2.24, 2.45) is 23.2 Å². The summed E-state index contributed by atoms with van der Waals surface area (Å²) in [6.07, 6.45) is 5.69. The number of benzene rings is 1. The topological polar surface area (TPSA) is 32.8 Å². The molecule has 5 heteroatoms. The van der Waals surface area contributed by atoms with E-state index in [0.717, 1.165) is 52.0 Å². The molecule has 2 saturated heterocycles. The number of halogens is 1. The predicted octanol–water partition coefficient (Wildman–Crippen LogP) is 4.26. The Hall–Kier alpha value is -1.88. The molecule has 162 valence electrons. The second-order valence-electron chi connectivity index (χ2n) is 10.1. The Morgan fingerprint density at radius 1 is 1.23 bits per heavy atom. The fourth-order valence-electron chi connectivity index (χ4n) is 6.62. The summed E-state index contributed by atoms with van der Waals surface area (Å²) in [5.74, 6) is 0.646. The number of fused-ring (bicyclic) bond motifs is 2. The van der Waals surface area contributed by atoms with Crippen molar-refractivity contribution in [3.05, 3.63) is 42.2 Å². The van der Waals surface area contributed by atoms with Crippen LogP contribution in [0.5, 0.6) is 0 Å². The minimum atomic E-state index is -0.161. The van der Waals surface area contributed by atoms with Gasteiger partial charge >= 0.3 is 5.97 Å². The zero-order valence-electron chi connectivity index (χ0n) is 18.0. The number of hydrogen-bond acceptors (Lipinski definition) is 4. The highest BCUT2D eigenvalue weighted by molar-refractivity contribution is 5.75. The molecule has 5 rings (SSSR count). The van der Waals surface area contributed by atoms with Gasteiger partial charge in [0.05, 0.1) is 11.6 Å². The average Bonchev–Trinajstić information content (AvgIpc) is 3.01. The van der Waals surface area contributed by atoms with Crippen molar-refractivity contribution in [2.45, 2.75) is 45.1 Å². The molecule has 2 aliphatic carbocycles. The number of hydrogen-bond donors (Lipinski definition) is 0. The number of rotatable bonds is 3. The Morgan fingerprint density at radius 2 is 2.00 bits per heavy atom. The first-order valence-electron chi connectivity index (χ1n) is 11.5. The molecule has 0 radical (unpaired) electrons. The van der Waals surface area contributed by atoms with Crippen LogP contribution in [0.15, 0.2) is 36.4 Å². The summed E-state index contributed by atoms with van der Waals surface area (Å²) < 4.78 is 20.0. The zero-order chi connectivity index (χ0) is 20.9. The summed E-state index contributed by atoms with van der Waals surface area (Å²) in [7, 11) is 0. The van der Waals surface area contributed by atoms with E-state index in [1.54, 1.807) is 6.07 Å². The fourth-order valence-corrected chi connectivity index (χ4v) is 6.62. The van der Waals surface area contributed by atoms with Crippen LogP contribution in [0, 0.1) is 29.0 Å². The van der Waals surface area contributed by atoms with Gasteiger partial charge < -0.3 is 9.64 Å². The molecule has 30 heavy (non-hydrogen) atoms. The Bertz CT molecular complexity index is 834. The van der Waals surface area contributed by atoms with E-state index < -0.39 is 0 Å². The van der Waals surface area contributed by atoms with Gasteiger partial charge in [-0.05, 0) is 55.6 Å². The van der Waals surface area contributed by atoms with Crippen LogP contribution in [0.2, 0.25) is 0 Å². The van der Waals surface area contributed by atoms with Gasteiger partial charge in [-0.2, -0.15) is 0 Å². The summed E-state index contributed by atoms with van der Waals surface area (Å²) in [5, 5.41) is 0. The number of anilines is 1. The first kappa shape index (κ1) is 20.0. The minimum Gasteiger partial charge on any atom is -0.462 e. The number of carbonyl (C=O) groups excluding carboxylic acids is 1. The normalized spacial score (nSPS) is 36.9. The maximum Gasteiger partial charge on any atom is 0.310 e. The molecule has 0 unspecified atom stereocenters. The molecule has 1 aromatic carbocycles. The van der Waals surface area contributed by atoms with Crippen LogP contribution >= 0.6 is 0 Å². The van der Waals surface area contributed by atoms with E-state index in [2.05, 4.69) is 23.3 Å². The molecular weight excluding hydrogens is 379 g/mol. The lowest BCUT2D eigenvalue weighted by atomic mass is 9.55. The molecule has 1 aromatic rings. The van der Waals surface area contributed by atoms with Crippen LogP contribution in [-0.2, 0) is 9.53 Å². The third-order valence-electron chi connectivity index (χ3n) is 8.34. The van der Waals surface area contributed by atoms with Crippen molar-refractivity contribution in [2.75, 3.05) is 37.6 Å². The Balaban J connectivity index is 1.23. The molecule has 2 heterocycles. The standard InChI is InChI=1S/C25H33FN2O2/c1-17-6-5-9-25(2)15-23-18(14-20(17)25)19(24(29)30-23)16-27-10-12-28(13-11-27)22-8-4-3-7-21(22)26/h3-4,7-8,18-20,23H,1,5-6,9-16H2,2H3/t18-,19+,20-,23+,25+/m0/s1. The molecule has 5 atom stereocenters. The lowest BCUT2D eigenvalue weighted by molar-refractivity contribution is -0.146. The van der Waals surface area contributed by atoms with Gasteiger partial charge in [-0.3, -0.25) is 9.69 Å². The Labute approximate surface area is 179 Å². The molecule has 0 bridgehead atoms. The highest BCUT2D eigenvalue weighted by atomic mass is 19.1. The summed E-state index contributed by atoms with van der Waals surface area (Å²) in [6, 6.07) is 6.98. The summed E-state index contributed by atoms with van der Waals surface area (Å²) in [6.45, 7) is 10.8. The van der Waals surface area contributed by atoms with Crippen LogP contribution in [0.3, 0.4) is 0 Å². The van der Waals surface area contributed by atoms with Crippen LogP contribution in [0.25, 0.3) is 0 Å². The monoisotopic (exact) mass is 412 g/mol. The number of carbonyl (C=O) groups is 1. The van der Waals surface area contributed by atoms with Crippen molar-refractivity contribution >= 4 is 11.7 Å². The predicted molar refractivity (Wildman–Crippen MR) is 116 cm³/mol. The number of allylic oxidation sites excluding steroid dienone is 1. The minimum absolute atomic E-state index is 0.00519. The second-order valence-corrected chi connectivity index (χ2v) is 10.1. The molecule has 2 saturated carbocycles. The summed E-state index contributed by atoms with van der Waals surface area (Å²) in [4.78, 5) is 17.3. The Morgan fingerprint density at radius 3 is 2.77 bits per heavy atom. The average molecular weight is 413 g/mol. The lowest BCUT2D eigenvalue weighted by Gasteiger charge is -2.50. The number of ether oxygens (including phenoxy) is 1. The lowest BCUT2D eigenvalue weighted by Crippen LogP contribution is -2.50. The van der Waals surface area contributed by atoms with Gasteiger partial charge in [0.15, 0.2) is 0 Å². The highest BCUT2D eigenvalue weighted by Crippen LogP contribution is 2.56. The van der Waals surface area contributed by atoms with Crippen LogP contribution in [0.1, 0.15) is 39.0 Å². The largest absolute Gasteiger partial charge is 0.462 e. The van der Waals surface area contributed by atoms with E-state index in [9.17, 15) is 9.18 Å². The summed E-state index contributed by atoms with van der Waals surface area (Å²) in [5.41, 5.74) is 2.32. The number of nitrogens with zero attached hydrogens (tertiary/aromatic N) is 2.